The molecule has 6 heteroatoms. The molecular formula is C14H11FO5. The van der Waals surface area contributed by atoms with Gasteiger partial charge in [-0.05, 0) is 5.56 Å². The van der Waals surface area contributed by atoms with Crippen LogP contribution in [-0.2, 0) is 13.3 Å². The number of ether oxygens (including phenoxy) is 1. The van der Waals surface area contributed by atoms with Gasteiger partial charge in [-0.15, -0.1) is 0 Å². The van der Waals surface area contributed by atoms with Crippen LogP contribution in [0.15, 0.2) is 45.6 Å². The molecule has 1 aromatic heterocycles. The summed E-state index contributed by atoms with van der Waals surface area (Å²) in [6.45, 7) is -1.05. The molecule has 0 saturated heterocycles. The molecule has 1 heterocycles. The Labute approximate surface area is 113 Å². The van der Waals surface area contributed by atoms with E-state index in [4.69, 9.17) is 14.3 Å². The molecular weight excluding hydrogens is 267 g/mol. The van der Waals surface area contributed by atoms with E-state index in [0.717, 1.165) is 11.6 Å². The van der Waals surface area contributed by atoms with Gasteiger partial charge >= 0.3 is 5.97 Å². The fourth-order valence-corrected chi connectivity index (χ4v) is 1.60. The average Bonchev–Trinajstić information content (AvgIpc) is 2.46. The Morgan fingerprint density at radius 2 is 2.00 bits per heavy atom. The topological polar surface area (TPSA) is 76.7 Å². The van der Waals surface area contributed by atoms with Crippen molar-refractivity contribution in [3.63, 3.8) is 0 Å². The smallest absolute Gasteiger partial charge is 0.375 e. The third-order valence-electron chi connectivity index (χ3n) is 2.51. The molecule has 0 aliphatic rings. The molecule has 0 unspecified atom stereocenters. The van der Waals surface area contributed by atoms with E-state index in [2.05, 4.69) is 0 Å². The van der Waals surface area contributed by atoms with Crippen molar-refractivity contribution in [2.24, 2.45) is 0 Å². The second-order valence-electron chi connectivity index (χ2n) is 3.95. The van der Waals surface area contributed by atoms with E-state index in [0.29, 0.717) is 0 Å². The highest BCUT2D eigenvalue weighted by Crippen LogP contribution is 2.17. The van der Waals surface area contributed by atoms with Crippen LogP contribution in [0.4, 0.5) is 4.39 Å². The summed E-state index contributed by atoms with van der Waals surface area (Å²) < 4.78 is 22.5. The third-order valence-corrected chi connectivity index (χ3v) is 2.51. The standard InChI is InChI=1S/C14H11FO5/c15-7-10-6-11(16)12(13(20-10)14(17)18)19-8-9-4-2-1-3-5-9/h1-6H,7-8H2,(H,17,18). The van der Waals surface area contributed by atoms with Gasteiger partial charge in [0.2, 0.25) is 11.2 Å². The summed E-state index contributed by atoms with van der Waals surface area (Å²) in [7, 11) is 0. The second kappa shape index (κ2) is 6.01. The number of halogens is 1. The Hall–Kier alpha value is -2.63. The number of rotatable bonds is 5. The van der Waals surface area contributed by atoms with Crippen LogP contribution in [0, 0.1) is 0 Å². The van der Waals surface area contributed by atoms with Gasteiger partial charge in [0.05, 0.1) is 0 Å². The van der Waals surface area contributed by atoms with Crippen molar-refractivity contribution in [1.82, 2.24) is 0 Å². The quantitative estimate of drug-likeness (QED) is 0.908. The normalized spacial score (nSPS) is 10.2. The Morgan fingerprint density at radius 1 is 1.30 bits per heavy atom. The first kappa shape index (κ1) is 13.8. The molecule has 0 spiro atoms. The summed E-state index contributed by atoms with van der Waals surface area (Å²) >= 11 is 0. The summed E-state index contributed by atoms with van der Waals surface area (Å²) in [6, 6.07) is 9.79. The highest BCUT2D eigenvalue weighted by atomic mass is 19.1. The number of carboxylic acids is 1. The van der Waals surface area contributed by atoms with Gasteiger partial charge in [-0.25, -0.2) is 9.18 Å². The van der Waals surface area contributed by atoms with Gasteiger partial charge in [0.15, 0.2) is 0 Å². The minimum Gasteiger partial charge on any atom is -0.481 e. The lowest BCUT2D eigenvalue weighted by atomic mass is 10.2. The highest BCUT2D eigenvalue weighted by Gasteiger charge is 2.20. The Balaban J connectivity index is 2.31. The van der Waals surface area contributed by atoms with Gasteiger partial charge < -0.3 is 14.3 Å². The SMILES string of the molecule is O=C(O)c1oc(CF)cc(=O)c1OCc1ccccc1. The number of benzene rings is 1. The molecule has 2 rings (SSSR count). The van der Waals surface area contributed by atoms with E-state index in [1.807, 2.05) is 6.07 Å². The zero-order chi connectivity index (χ0) is 14.5. The monoisotopic (exact) mass is 278 g/mol. The molecule has 0 bridgehead atoms. The van der Waals surface area contributed by atoms with E-state index in [1.165, 1.54) is 0 Å². The maximum absolute atomic E-state index is 12.5. The van der Waals surface area contributed by atoms with E-state index < -0.39 is 29.6 Å². The van der Waals surface area contributed by atoms with E-state index in [9.17, 15) is 14.0 Å². The number of hydrogen-bond acceptors (Lipinski definition) is 4. The molecule has 0 fully saturated rings. The largest absolute Gasteiger partial charge is 0.481 e. The number of carbonyl (C=O) groups is 1. The van der Waals surface area contributed by atoms with Crippen LogP contribution in [0.1, 0.15) is 21.9 Å². The van der Waals surface area contributed by atoms with Crippen molar-refractivity contribution in [3.8, 4) is 5.75 Å². The molecule has 0 saturated carbocycles. The van der Waals surface area contributed by atoms with Crippen LogP contribution in [-0.4, -0.2) is 11.1 Å². The predicted octanol–water partition coefficient (Wildman–Crippen LogP) is 2.39. The molecule has 0 radical (unpaired) electrons. The molecule has 1 aromatic carbocycles. The van der Waals surface area contributed by atoms with Crippen LogP contribution in [0.2, 0.25) is 0 Å². The molecule has 0 amide bonds. The van der Waals surface area contributed by atoms with Gasteiger partial charge in [0.1, 0.15) is 19.0 Å². The number of alkyl halides is 1. The maximum Gasteiger partial charge on any atom is 0.375 e. The summed E-state index contributed by atoms with van der Waals surface area (Å²) in [5.41, 5.74) is 0.0371. The Kier molecular flexibility index (Phi) is 4.14. The minimum absolute atomic E-state index is 0.0147. The molecule has 2 aromatic rings. The van der Waals surface area contributed by atoms with Crippen LogP contribution in [0.5, 0.6) is 5.75 Å². The second-order valence-corrected chi connectivity index (χ2v) is 3.95. The van der Waals surface area contributed by atoms with Crippen LogP contribution >= 0.6 is 0 Å². The van der Waals surface area contributed by atoms with Gasteiger partial charge in [-0.3, -0.25) is 4.79 Å². The van der Waals surface area contributed by atoms with E-state index >= 15 is 0 Å². The van der Waals surface area contributed by atoms with Crippen molar-refractivity contribution >= 4 is 5.97 Å². The molecule has 0 atom stereocenters. The van der Waals surface area contributed by atoms with Gasteiger partial charge in [-0.2, -0.15) is 0 Å². The minimum atomic E-state index is -1.49. The fraction of sp³-hybridized carbons (Fsp3) is 0.143. The summed E-state index contributed by atoms with van der Waals surface area (Å²) in [4.78, 5) is 22.7. The fourth-order valence-electron chi connectivity index (χ4n) is 1.60. The van der Waals surface area contributed by atoms with Crippen molar-refractivity contribution in [2.75, 3.05) is 0 Å². The van der Waals surface area contributed by atoms with E-state index in [-0.39, 0.29) is 12.4 Å². The summed E-state index contributed by atoms with van der Waals surface area (Å²) in [5.74, 6) is -2.96. The van der Waals surface area contributed by atoms with Crippen molar-refractivity contribution < 1.29 is 23.4 Å². The van der Waals surface area contributed by atoms with Crippen molar-refractivity contribution in [2.45, 2.75) is 13.3 Å². The molecule has 0 aliphatic carbocycles. The van der Waals surface area contributed by atoms with Crippen LogP contribution < -0.4 is 10.2 Å². The lowest BCUT2D eigenvalue weighted by molar-refractivity contribution is 0.0646. The molecule has 104 valence electrons. The lowest BCUT2D eigenvalue weighted by Crippen LogP contribution is -2.14. The number of aromatic carboxylic acids is 1. The first-order chi connectivity index (χ1) is 9.61. The van der Waals surface area contributed by atoms with Crippen LogP contribution in [0.25, 0.3) is 0 Å². The first-order valence-electron chi connectivity index (χ1n) is 5.75. The van der Waals surface area contributed by atoms with Crippen LogP contribution in [0.3, 0.4) is 0 Å². The Bertz CT molecular complexity index is 663. The number of carboxylic acid groups (broad SMARTS) is 1. The Morgan fingerprint density at radius 3 is 2.60 bits per heavy atom. The zero-order valence-electron chi connectivity index (χ0n) is 10.3. The van der Waals surface area contributed by atoms with Gasteiger partial charge in [0, 0.05) is 6.07 Å². The number of hydrogen-bond donors (Lipinski definition) is 1. The average molecular weight is 278 g/mol. The van der Waals surface area contributed by atoms with Crippen molar-refractivity contribution in [1.29, 1.82) is 0 Å². The lowest BCUT2D eigenvalue weighted by Gasteiger charge is -2.08. The molecule has 1 N–H and O–H groups in total. The van der Waals surface area contributed by atoms with E-state index in [1.54, 1.807) is 24.3 Å². The molecule has 5 nitrogen and oxygen atoms in total. The molecule has 20 heavy (non-hydrogen) atoms. The maximum atomic E-state index is 12.5. The van der Waals surface area contributed by atoms with Gasteiger partial charge in [-0.1, -0.05) is 30.3 Å². The highest BCUT2D eigenvalue weighted by molar-refractivity contribution is 5.87. The summed E-state index contributed by atoms with van der Waals surface area (Å²) in [6.07, 6.45) is 0. The first-order valence-corrected chi connectivity index (χ1v) is 5.75. The zero-order valence-corrected chi connectivity index (χ0v) is 10.3. The molecule has 0 aliphatic heterocycles. The van der Waals surface area contributed by atoms with Gasteiger partial charge in [0.25, 0.3) is 5.76 Å². The summed E-state index contributed by atoms with van der Waals surface area (Å²) in [5, 5.41) is 8.97. The predicted molar refractivity (Wildman–Crippen MR) is 67.5 cm³/mol. The third kappa shape index (κ3) is 3.03. The van der Waals surface area contributed by atoms with Crippen molar-refractivity contribution in [3.05, 3.63) is 63.7 Å².